The maximum Gasteiger partial charge on any atom is 0.187 e. The van der Waals surface area contributed by atoms with E-state index in [1.54, 1.807) is 0 Å². The largest absolute Gasteiger partial charge is 0.394 e. The molecule has 8 aliphatic rings. The first-order valence-corrected chi connectivity index (χ1v) is 32.4. The Labute approximate surface area is 572 Å². The van der Waals surface area contributed by atoms with E-state index >= 15 is 0 Å². The number of aliphatic hydroxyl groups excluding tert-OH is 28. The lowest BCUT2D eigenvalue weighted by molar-refractivity contribution is -0.400. The van der Waals surface area contributed by atoms with Crippen molar-refractivity contribution in [3.05, 3.63) is 0 Å². The van der Waals surface area contributed by atoms with E-state index in [2.05, 4.69) is 0 Å². The maximum atomic E-state index is 12.2. The average Bonchev–Trinajstić information content (AvgIpc) is 0.772. The van der Waals surface area contributed by atoms with Crippen LogP contribution in [0.25, 0.3) is 0 Å². The van der Waals surface area contributed by atoms with Crippen LogP contribution in [-0.2, 0) is 80.5 Å². The molecule has 0 aliphatic carbocycles. The molecule has 8 aliphatic heterocycles. The standard InChI is InChI=1S/C56H98O45/c1-3-13(65)41(23(67)14(66)4-57)95-52-36(80)45(28(72)18(8-61)90-52)99-54-39(83)47(30(74)21(11-64)92-54)100-56-40(84)48(101-55-38(82)46(29(73)20(10-63)93-55)98-51-34(78)42(85-2)25(69)16(6-59)89-51)31(75)22(94-56)12-86-49-35(79)43(26(70)17(7-60)87-49)97-53-37(81)44(27(71)19(9-62)91-53)96-50-33(77)32(76)24(68)15(5-58)88-50/h13-84H,3-12H2,1-2H3. The van der Waals surface area contributed by atoms with Crippen LogP contribution in [-0.4, -0.2) is 480 Å². The van der Waals surface area contributed by atoms with E-state index in [9.17, 15) is 143 Å². The lowest BCUT2D eigenvalue weighted by Gasteiger charge is -2.50. The Bertz CT molecular complexity index is 2420. The summed E-state index contributed by atoms with van der Waals surface area (Å²) in [6, 6.07) is 0. The summed E-state index contributed by atoms with van der Waals surface area (Å²) in [6.07, 6.45) is -90.8. The molecule has 0 aromatic heterocycles. The van der Waals surface area contributed by atoms with Crippen molar-refractivity contribution < 1.29 is 224 Å². The second kappa shape index (κ2) is 37.5. The van der Waals surface area contributed by atoms with Crippen LogP contribution in [0.5, 0.6) is 0 Å². The van der Waals surface area contributed by atoms with Gasteiger partial charge in [-0.25, -0.2) is 0 Å². The van der Waals surface area contributed by atoms with Gasteiger partial charge < -0.3 is 224 Å². The molecule has 0 spiro atoms. The molecule has 8 heterocycles. The Balaban J connectivity index is 1.07. The van der Waals surface area contributed by atoms with Crippen LogP contribution >= 0.6 is 0 Å². The predicted octanol–water partition coefficient (Wildman–Crippen LogP) is -18.9. The molecule has 45 heteroatoms. The molecule has 0 aromatic carbocycles. The van der Waals surface area contributed by atoms with Gasteiger partial charge in [0.05, 0.1) is 65.6 Å². The normalized spacial score (nSPS) is 50.0. The van der Waals surface area contributed by atoms with E-state index in [1.807, 2.05) is 0 Å². The summed E-state index contributed by atoms with van der Waals surface area (Å²) in [6.45, 7) is -8.15. The molecule has 8 saturated heterocycles. The van der Waals surface area contributed by atoms with E-state index in [1.165, 1.54) is 6.92 Å². The van der Waals surface area contributed by atoms with Crippen molar-refractivity contribution in [3.63, 3.8) is 0 Å². The van der Waals surface area contributed by atoms with Crippen molar-refractivity contribution in [2.75, 3.05) is 66.6 Å². The van der Waals surface area contributed by atoms with E-state index in [0.717, 1.165) is 7.11 Å². The molecule has 101 heavy (non-hydrogen) atoms. The van der Waals surface area contributed by atoms with Gasteiger partial charge in [-0.05, 0) is 6.42 Å². The van der Waals surface area contributed by atoms with Crippen molar-refractivity contribution in [2.45, 2.75) is 283 Å². The monoisotopic (exact) mass is 1490 g/mol. The molecule has 28 N–H and O–H groups in total. The van der Waals surface area contributed by atoms with Crippen LogP contribution in [0, 0.1) is 0 Å². The van der Waals surface area contributed by atoms with Crippen LogP contribution in [0.3, 0.4) is 0 Å². The highest BCUT2D eigenvalue weighted by Crippen LogP contribution is 2.39. The third-order valence-corrected chi connectivity index (χ3v) is 18.9. The molecule has 8 rings (SSSR count). The molecule has 44 atom stereocenters. The fourth-order valence-electron chi connectivity index (χ4n) is 12.8. The van der Waals surface area contributed by atoms with Gasteiger partial charge in [0.1, 0.15) is 214 Å². The number of aliphatic hydroxyl groups is 28. The van der Waals surface area contributed by atoms with Crippen molar-refractivity contribution >= 4 is 0 Å². The minimum absolute atomic E-state index is 0.170. The Morgan fingerprint density at radius 3 is 0.832 bits per heavy atom. The lowest BCUT2D eigenvalue weighted by Crippen LogP contribution is -2.68. The second-order valence-corrected chi connectivity index (χ2v) is 25.4. The molecule has 0 saturated carbocycles. The molecule has 592 valence electrons. The predicted molar refractivity (Wildman–Crippen MR) is 307 cm³/mol. The third-order valence-electron chi connectivity index (χ3n) is 18.9. The summed E-state index contributed by atoms with van der Waals surface area (Å²) < 4.78 is 96.7. The summed E-state index contributed by atoms with van der Waals surface area (Å²) in [7, 11) is 1.07. The van der Waals surface area contributed by atoms with Crippen molar-refractivity contribution in [1.82, 2.24) is 0 Å². The smallest absolute Gasteiger partial charge is 0.187 e. The van der Waals surface area contributed by atoms with Crippen molar-refractivity contribution in [1.29, 1.82) is 0 Å². The van der Waals surface area contributed by atoms with Crippen molar-refractivity contribution in [3.8, 4) is 0 Å². The van der Waals surface area contributed by atoms with Gasteiger partial charge in [-0.3, -0.25) is 0 Å². The SMILES string of the molecule is CCC(O)C(OC1OC(CO)C(O)C(OC2OC(CO)C(O)C(OC3OC(COC4OC(CO)C(O)C(OC5OC(CO)C(O)C(OC6OC(CO)C(O)C(O)C6O)C5O)C4O)C(O)C(OC4OC(CO)C(O)C(OC5OC(CO)C(O)C(OC)C5O)C4O)C3O)C2O)C1O)C(O)C(O)CO. The Morgan fingerprint density at radius 2 is 0.525 bits per heavy atom. The highest BCUT2D eigenvalue weighted by atomic mass is 16.8. The molecule has 0 amide bonds. The fraction of sp³-hybridized carbons (Fsp3) is 1.00. The average molecular weight is 1490 g/mol. The molecular formula is C56H98O45. The number of ether oxygens (including phenoxy) is 17. The number of rotatable bonds is 30. The number of hydrogen-bond donors (Lipinski definition) is 28. The van der Waals surface area contributed by atoms with Gasteiger partial charge in [0.2, 0.25) is 0 Å². The van der Waals surface area contributed by atoms with Crippen LogP contribution in [0.4, 0.5) is 0 Å². The minimum atomic E-state index is -2.52. The summed E-state index contributed by atoms with van der Waals surface area (Å²) in [4.78, 5) is 0. The van der Waals surface area contributed by atoms with Crippen LogP contribution in [0.15, 0.2) is 0 Å². The molecule has 0 aromatic rings. The van der Waals surface area contributed by atoms with Gasteiger partial charge in [0.25, 0.3) is 0 Å². The Morgan fingerprint density at radius 1 is 0.277 bits per heavy atom. The number of hydrogen-bond acceptors (Lipinski definition) is 45. The summed E-state index contributed by atoms with van der Waals surface area (Å²) >= 11 is 0. The zero-order valence-corrected chi connectivity index (χ0v) is 53.9. The lowest BCUT2D eigenvalue weighted by atomic mass is 9.95. The topological polar surface area (TPSA) is 723 Å². The summed E-state index contributed by atoms with van der Waals surface area (Å²) in [5.74, 6) is 0. The Hall–Kier alpha value is -1.80. The zero-order valence-electron chi connectivity index (χ0n) is 53.9. The van der Waals surface area contributed by atoms with Crippen LogP contribution in [0.2, 0.25) is 0 Å². The molecule has 0 radical (unpaired) electrons. The van der Waals surface area contributed by atoms with E-state index < -0.39 is 330 Å². The molecule has 8 fully saturated rings. The van der Waals surface area contributed by atoms with Crippen LogP contribution in [0.1, 0.15) is 13.3 Å². The Kier molecular flexibility index (Phi) is 31.5. The number of methoxy groups -OCH3 is 1. The molecule has 44 unspecified atom stereocenters. The van der Waals surface area contributed by atoms with Gasteiger partial charge in [0.15, 0.2) is 50.3 Å². The first kappa shape index (κ1) is 84.8. The summed E-state index contributed by atoms with van der Waals surface area (Å²) in [5, 5.41) is 306. The highest BCUT2D eigenvalue weighted by molar-refractivity contribution is 5.02. The van der Waals surface area contributed by atoms with Gasteiger partial charge in [-0.2, -0.15) is 0 Å². The van der Waals surface area contributed by atoms with Crippen LogP contribution < -0.4 is 0 Å². The molecule has 0 bridgehead atoms. The van der Waals surface area contributed by atoms with Gasteiger partial charge in [-0.1, -0.05) is 6.92 Å². The minimum Gasteiger partial charge on any atom is -0.394 e. The zero-order chi connectivity index (χ0) is 74.5. The van der Waals surface area contributed by atoms with Gasteiger partial charge >= 0.3 is 0 Å². The van der Waals surface area contributed by atoms with E-state index in [4.69, 9.17) is 80.5 Å². The molecule has 45 nitrogen and oxygen atoms in total. The highest BCUT2D eigenvalue weighted by Gasteiger charge is 2.60. The summed E-state index contributed by atoms with van der Waals surface area (Å²) in [5.41, 5.74) is 0. The van der Waals surface area contributed by atoms with Gasteiger partial charge in [-0.15, -0.1) is 0 Å². The maximum absolute atomic E-state index is 12.2. The molecular weight excluding hydrogens is 1390 g/mol. The first-order valence-electron chi connectivity index (χ1n) is 32.4. The second-order valence-electron chi connectivity index (χ2n) is 25.4. The first-order chi connectivity index (χ1) is 47.9. The quantitative estimate of drug-likeness (QED) is 0.0318. The third kappa shape index (κ3) is 18.2. The van der Waals surface area contributed by atoms with Gasteiger partial charge in [0, 0.05) is 7.11 Å². The fourth-order valence-corrected chi connectivity index (χ4v) is 12.8. The van der Waals surface area contributed by atoms with E-state index in [0.29, 0.717) is 0 Å². The van der Waals surface area contributed by atoms with Crippen molar-refractivity contribution in [2.24, 2.45) is 0 Å². The van der Waals surface area contributed by atoms with E-state index in [-0.39, 0.29) is 6.42 Å².